The molecule has 0 spiro atoms. The average Bonchev–Trinajstić information content (AvgIpc) is 2.33. The molecule has 3 heteroatoms. The van der Waals surface area contributed by atoms with Crippen LogP contribution in [0.25, 0.3) is 0 Å². The summed E-state index contributed by atoms with van der Waals surface area (Å²) < 4.78 is 0. The fraction of sp³-hybridized carbons (Fsp3) is 0.250. The number of hydrogen-bond acceptors (Lipinski definition) is 1. The second-order valence-corrected chi connectivity index (χ2v) is 5.70. The maximum absolute atomic E-state index is 10.5. The van der Waals surface area contributed by atoms with Crippen molar-refractivity contribution in [2.24, 2.45) is 0 Å². The summed E-state index contributed by atoms with van der Waals surface area (Å²) in [6.45, 7) is 5.83. The van der Waals surface area contributed by atoms with Gasteiger partial charge < -0.3 is 5.11 Å². The molecule has 1 nitrogen and oxygen atoms in total. The third-order valence-electron chi connectivity index (χ3n) is 3.29. The van der Waals surface area contributed by atoms with E-state index in [1.807, 2.05) is 51.1 Å². The van der Waals surface area contributed by atoms with Crippen LogP contribution in [-0.2, 0) is 0 Å². The number of benzene rings is 2. The molecule has 1 unspecified atom stereocenters. The Kier molecular flexibility index (Phi) is 4.19. The molecule has 0 amide bonds. The van der Waals surface area contributed by atoms with Crippen molar-refractivity contribution in [1.29, 1.82) is 0 Å². The molecule has 0 aromatic heterocycles. The Morgan fingerprint density at radius 3 is 2.16 bits per heavy atom. The highest BCUT2D eigenvalue weighted by atomic mass is 35.5. The van der Waals surface area contributed by atoms with Crippen molar-refractivity contribution in [1.82, 2.24) is 0 Å². The van der Waals surface area contributed by atoms with Crippen LogP contribution < -0.4 is 0 Å². The van der Waals surface area contributed by atoms with Gasteiger partial charge in [-0.05, 0) is 55.2 Å². The van der Waals surface area contributed by atoms with Crippen molar-refractivity contribution in [3.05, 3.63) is 68.2 Å². The van der Waals surface area contributed by atoms with Crippen LogP contribution in [0.5, 0.6) is 0 Å². The summed E-state index contributed by atoms with van der Waals surface area (Å²) in [5, 5.41) is 11.8. The van der Waals surface area contributed by atoms with Crippen molar-refractivity contribution < 1.29 is 5.11 Å². The first kappa shape index (κ1) is 14.4. The summed E-state index contributed by atoms with van der Waals surface area (Å²) >= 11 is 12.3. The third kappa shape index (κ3) is 2.94. The van der Waals surface area contributed by atoms with Gasteiger partial charge in [0.05, 0.1) is 0 Å². The molecule has 0 saturated heterocycles. The fourth-order valence-corrected chi connectivity index (χ4v) is 2.68. The van der Waals surface area contributed by atoms with Gasteiger partial charge in [-0.1, -0.05) is 41.4 Å². The van der Waals surface area contributed by atoms with Crippen LogP contribution >= 0.6 is 23.2 Å². The van der Waals surface area contributed by atoms with Crippen LogP contribution in [0.15, 0.2) is 30.3 Å². The number of halogens is 2. The van der Waals surface area contributed by atoms with Gasteiger partial charge in [0.2, 0.25) is 0 Å². The summed E-state index contributed by atoms with van der Waals surface area (Å²) in [5.41, 5.74) is 4.54. The van der Waals surface area contributed by atoms with E-state index in [0.717, 1.165) is 27.8 Å². The zero-order valence-electron chi connectivity index (χ0n) is 11.2. The number of aliphatic hydroxyl groups is 1. The van der Waals surface area contributed by atoms with Crippen LogP contribution in [0.3, 0.4) is 0 Å². The van der Waals surface area contributed by atoms with Gasteiger partial charge in [0.25, 0.3) is 0 Å². The summed E-state index contributed by atoms with van der Waals surface area (Å²) in [6, 6.07) is 9.46. The molecule has 0 fully saturated rings. The summed E-state index contributed by atoms with van der Waals surface area (Å²) in [6.07, 6.45) is -0.732. The predicted octanol–water partition coefficient (Wildman–Crippen LogP) is 5.00. The molecule has 0 heterocycles. The van der Waals surface area contributed by atoms with E-state index in [-0.39, 0.29) is 0 Å². The number of hydrogen-bond donors (Lipinski definition) is 1. The molecule has 2 rings (SSSR count). The van der Waals surface area contributed by atoms with Gasteiger partial charge in [0.15, 0.2) is 0 Å². The van der Waals surface area contributed by atoms with Gasteiger partial charge in [-0.25, -0.2) is 0 Å². The van der Waals surface area contributed by atoms with E-state index in [4.69, 9.17) is 23.2 Å². The molecule has 2 aromatic carbocycles. The molecule has 100 valence electrons. The van der Waals surface area contributed by atoms with Gasteiger partial charge in [-0.15, -0.1) is 0 Å². The highest BCUT2D eigenvalue weighted by Gasteiger charge is 2.17. The zero-order valence-corrected chi connectivity index (χ0v) is 12.7. The van der Waals surface area contributed by atoms with E-state index in [1.165, 1.54) is 0 Å². The normalized spacial score (nSPS) is 12.5. The van der Waals surface area contributed by atoms with Crippen molar-refractivity contribution in [2.45, 2.75) is 26.9 Å². The molecule has 0 aliphatic rings. The quantitative estimate of drug-likeness (QED) is 0.826. The predicted molar refractivity (Wildman–Crippen MR) is 81.2 cm³/mol. The average molecular weight is 295 g/mol. The third-order valence-corrected chi connectivity index (χ3v) is 4.03. The second-order valence-electron chi connectivity index (χ2n) is 4.89. The van der Waals surface area contributed by atoms with Crippen LogP contribution in [0.4, 0.5) is 0 Å². The van der Waals surface area contributed by atoms with E-state index in [2.05, 4.69) is 0 Å². The summed E-state index contributed by atoms with van der Waals surface area (Å²) in [4.78, 5) is 0. The summed E-state index contributed by atoms with van der Waals surface area (Å²) in [7, 11) is 0. The van der Waals surface area contributed by atoms with Crippen molar-refractivity contribution in [3.8, 4) is 0 Å². The lowest BCUT2D eigenvalue weighted by Gasteiger charge is -2.17. The SMILES string of the molecule is Cc1ccc(C(O)c2cc(C)c(Cl)cc2C)c(Cl)c1. The van der Waals surface area contributed by atoms with Gasteiger partial charge in [-0.3, -0.25) is 0 Å². The molecule has 0 radical (unpaired) electrons. The first-order valence-corrected chi connectivity index (χ1v) is 6.86. The van der Waals surface area contributed by atoms with Gasteiger partial charge >= 0.3 is 0 Å². The molecule has 2 aromatic rings. The Morgan fingerprint density at radius 1 is 0.842 bits per heavy atom. The molecular weight excluding hydrogens is 279 g/mol. The van der Waals surface area contributed by atoms with E-state index < -0.39 is 6.10 Å². The molecule has 0 aliphatic carbocycles. The van der Waals surface area contributed by atoms with Gasteiger partial charge in [0, 0.05) is 15.6 Å². The highest BCUT2D eigenvalue weighted by Crippen LogP contribution is 2.32. The first-order valence-electron chi connectivity index (χ1n) is 6.11. The van der Waals surface area contributed by atoms with Crippen molar-refractivity contribution in [3.63, 3.8) is 0 Å². The minimum Gasteiger partial charge on any atom is -0.384 e. The molecule has 0 saturated carbocycles. The Hall–Kier alpha value is -1.02. The number of aryl methyl sites for hydroxylation is 3. The standard InChI is InChI=1S/C16H16Cl2O/c1-9-4-5-12(15(18)6-9)16(19)13-7-11(3)14(17)8-10(13)2/h4-8,16,19H,1-3H3. The second kappa shape index (κ2) is 5.54. The van der Waals surface area contributed by atoms with Crippen LogP contribution in [0, 0.1) is 20.8 Å². The number of aliphatic hydroxyl groups excluding tert-OH is 1. The lowest BCUT2D eigenvalue weighted by atomic mass is 9.95. The Bertz CT molecular complexity index is 620. The Labute approximate surface area is 123 Å². The molecule has 0 aliphatic heterocycles. The number of rotatable bonds is 2. The van der Waals surface area contributed by atoms with Gasteiger partial charge in [0.1, 0.15) is 6.10 Å². The Morgan fingerprint density at radius 2 is 1.53 bits per heavy atom. The lowest BCUT2D eigenvalue weighted by molar-refractivity contribution is 0.219. The van der Waals surface area contributed by atoms with E-state index in [1.54, 1.807) is 0 Å². The monoisotopic (exact) mass is 294 g/mol. The van der Waals surface area contributed by atoms with Crippen molar-refractivity contribution >= 4 is 23.2 Å². The Balaban J connectivity index is 2.49. The molecule has 0 bridgehead atoms. The maximum Gasteiger partial charge on any atom is 0.106 e. The van der Waals surface area contributed by atoms with Crippen molar-refractivity contribution in [2.75, 3.05) is 0 Å². The molecule has 19 heavy (non-hydrogen) atoms. The molecule has 1 atom stereocenters. The summed E-state index contributed by atoms with van der Waals surface area (Å²) in [5.74, 6) is 0. The minimum absolute atomic E-state index is 0.583. The van der Waals surface area contributed by atoms with Crippen LogP contribution in [-0.4, -0.2) is 5.11 Å². The topological polar surface area (TPSA) is 20.2 Å². The van der Waals surface area contributed by atoms with E-state index in [0.29, 0.717) is 10.0 Å². The highest BCUT2D eigenvalue weighted by molar-refractivity contribution is 6.31. The zero-order chi connectivity index (χ0) is 14.2. The fourth-order valence-electron chi connectivity index (χ4n) is 2.12. The van der Waals surface area contributed by atoms with E-state index >= 15 is 0 Å². The minimum atomic E-state index is -0.732. The maximum atomic E-state index is 10.5. The van der Waals surface area contributed by atoms with E-state index in [9.17, 15) is 5.11 Å². The largest absolute Gasteiger partial charge is 0.384 e. The van der Waals surface area contributed by atoms with Crippen LogP contribution in [0.2, 0.25) is 10.0 Å². The first-order chi connectivity index (χ1) is 8.90. The van der Waals surface area contributed by atoms with Gasteiger partial charge in [-0.2, -0.15) is 0 Å². The molecule has 1 N–H and O–H groups in total. The smallest absolute Gasteiger partial charge is 0.106 e. The van der Waals surface area contributed by atoms with Crippen LogP contribution in [0.1, 0.15) is 33.9 Å². The molecular formula is C16H16Cl2O. The lowest BCUT2D eigenvalue weighted by Crippen LogP contribution is -2.04.